The van der Waals surface area contributed by atoms with Gasteiger partial charge in [-0.05, 0) is 76.5 Å². The second kappa shape index (κ2) is 10.7. The molecule has 4 heteroatoms. The van der Waals surface area contributed by atoms with E-state index in [9.17, 15) is 0 Å². The number of para-hydroxylation sites is 2. The van der Waals surface area contributed by atoms with Crippen LogP contribution in [0.5, 0.6) is 0 Å². The zero-order valence-corrected chi connectivity index (χ0v) is 24.8. The molecule has 0 amide bonds. The molecule has 0 unspecified atom stereocenters. The van der Waals surface area contributed by atoms with Crippen molar-refractivity contribution in [2.45, 2.75) is 0 Å². The van der Waals surface area contributed by atoms with Gasteiger partial charge in [0.05, 0.1) is 11.2 Å². The third-order valence-corrected chi connectivity index (χ3v) is 8.65. The molecule has 9 rings (SSSR count). The molecule has 0 bridgehead atoms. The highest BCUT2D eigenvalue weighted by atomic mass is 16.3. The zero-order chi connectivity index (χ0) is 30.5. The van der Waals surface area contributed by atoms with Gasteiger partial charge in [0, 0.05) is 33.1 Å². The number of furan rings is 1. The van der Waals surface area contributed by atoms with Crippen LogP contribution in [0, 0.1) is 0 Å². The second-order valence-electron chi connectivity index (χ2n) is 11.5. The summed E-state index contributed by atoms with van der Waals surface area (Å²) in [5.74, 6) is 0.600. The van der Waals surface area contributed by atoms with E-state index in [2.05, 4.69) is 132 Å². The standard InChI is InChI=1S/C42H27N3O/c1-3-11-28(12-4-1)29-19-22-34(23-20-29)45(33-15-5-2-6-16-33)42-43-38-18-10-9-17-36(38)41(44-42)32-21-24-35-37-25-30-13-7-8-14-31(30)26-40(37)46-39(35)27-32/h1-27H. The number of rotatable bonds is 5. The average Bonchev–Trinajstić information content (AvgIpc) is 3.48. The Morgan fingerprint density at radius 3 is 1.83 bits per heavy atom. The summed E-state index contributed by atoms with van der Waals surface area (Å²) in [5.41, 5.74) is 8.72. The Hall–Kier alpha value is -6.26. The van der Waals surface area contributed by atoms with E-state index in [1.807, 2.05) is 36.4 Å². The molecule has 0 aliphatic rings. The van der Waals surface area contributed by atoms with E-state index in [0.29, 0.717) is 5.95 Å². The van der Waals surface area contributed by atoms with Gasteiger partial charge in [0.15, 0.2) is 0 Å². The summed E-state index contributed by atoms with van der Waals surface area (Å²) in [5, 5.41) is 5.56. The van der Waals surface area contributed by atoms with Crippen molar-refractivity contribution in [2.75, 3.05) is 4.90 Å². The maximum atomic E-state index is 6.44. The van der Waals surface area contributed by atoms with Gasteiger partial charge in [-0.2, -0.15) is 0 Å². The smallest absolute Gasteiger partial charge is 0.235 e. The Morgan fingerprint density at radius 1 is 0.413 bits per heavy atom. The molecule has 0 radical (unpaired) electrons. The third kappa shape index (κ3) is 4.47. The summed E-state index contributed by atoms with van der Waals surface area (Å²) in [6, 6.07) is 56.7. The number of hydrogen-bond acceptors (Lipinski definition) is 4. The van der Waals surface area contributed by atoms with Crippen molar-refractivity contribution in [1.29, 1.82) is 0 Å². The summed E-state index contributed by atoms with van der Waals surface area (Å²) in [7, 11) is 0. The topological polar surface area (TPSA) is 42.2 Å². The molecule has 46 heavy (non-hydrogen) atoms. The molecule has 0 N–H and O–H groups in total. The first-order chi connectivity index (χ1) is 22.8. The summed E-state index contributed by atoms with van der Waals surface area (Å²) in [6.07, 6.45) is 0. The average molecular weight is 590 g/mol. The van der Waals surface area contributed by atoms with Gasteiger partial charge in [-0.3, -0.25) is 4.90 Å². The molecule has 4 nitrogen and oxygen atoms in total. The summed E-state index contributed by atoms with van der Waals surface area (Å²) < 4.78 is 6.44. The lowest BCUT2D eigenvalue weighted by molar-refractivity contribution is 0.669. The van der Waals surface area contributed by atoms with E-state index in [4.69, 9.17) is 14.4 Å². The quantitative estimate of drug-likeness (QED) is 0.200. The van der Waals surface area contributed by atoms with E-state index >= 15 is 0 Å². The molecule has 0 fully saturated rings. The molecule has 7 aromatic carbocycles. The Kier molecular flexibility index (Phi) is 6.10. The van der Waals surface area contributed by atoms with Gasteiger partial charge in [0.2, 0.25) is 5.95 Å². The van der Waals surface area contributed by atoms with E-state index in [1.54, 1.807) is 0 Å². The van der Waals surface area contributed by atoms with Gasteiger partial charge in [0.25, 0.3) is 0 Å². The van der Waals surface area contributed by atoms with Crippen LogP contribution in [0.4, 0.5) is 17.3 Å². The van der Waals surface area contributed by atoms with Crippen molar-refractivity contribution in [2.24, 2.45) is 0 Å². The molecule has 216 valence electrons. The van der Waals surface area contributed by atoms with Crippen LogP contribution < -0.4 is 4.90 Å². The molecule has 0 saturated heterocycles. The predicted octanol–water partition coefficient (Wildman–Crippen LogP) is 11.5. The molecule has 2 aromatic heterocycles. The first-order valence-corrected chi connectivity index (χ1v) is 15.4. The largest absolute Gasteiger partial charge is 0.456 e. The fraction of sp³-hybridized carbons (Fsp3) is 0. The van der Waals surface area contributed by atoms with Gasteiger partial charge < -0.3 is 4.42 Å². The van der Waals surface area contributed by atoms with Crippen molar-refractivity contribution in [3.8, 4) is 22.4 Å². The molecule has 0 saturated carbocycles. The summed E-state index contributed by atoms with van der Waals surface area (Å²) in [4.78, 5) is 12.5. The normalized spacial score (nSPS) is 11.5. The Morgan fingerprint density at radius 2 is 1.02 bits per heavy atom. The van der Waals surface area contributed by atoms with E-state index in [1.165, 1.54) is 16.3 Å². The fourth-order valence-corrected chi connectivity index (χ4v) is 6.38. The first kappa shape index (κ1) is 26.2. The van der Waals surface area contributed by atoms with Crippen molar-refractivity contribution in [3.63, 3.8) is 0 Å². The lowest BCUT2D eigenvalue weighted by Gasteiger charge is -2.24. The molecular weight excluding hydrogens is 562 g/mol. The highest BCUT2D eigenvalue weighted by molar-refractivity contribution is 6.11. The molecule has 0 aliphatic carbocycles. The molecule has 0 spiro atoms. The van der Waals surface area contributed by atoms with Gasteiger partial charge in [-0.15, -0.1) is 0 Å². The lowest BCUT2D eigenvalue weighted by atomic mass is 10.0. The van der Waals surface area contributed by atoms with Crippen LogP contribution in [0.25, 0.3) is 66.0 Å². The molecule has 9 aromatic rings. The molecule has 0 aliphatic heterocycles. The van der Waals surface area contributed by atoms with Crippen LogP contribution in [0.15, 0.2) is 168 Å². The SMILES string of the molecule is c1ccc(-c2ccc(N(c3ccccc3)c3nc(-c4ccc5c(c4)oc4cc6ccccc6cc45)c4ccccc4n3)cc2)cc1. The van der Waals surface area contributed by atoms with Crippen molar-refractivity contribution in [1.82, 2.24) is 9.97 Å². The van der Waals surface area contributed by atoms with Crippen LogP contribution in [0.1, 0.15) is 0 Å². The number of nitrogens with zero attached hydrogens (tertiary/aromatic N) is 3. The van der Waals surface area contributed by atoms with E-state index < -0.39 is 0 Å². The van der Waals surface area contributed by atoms with Crippen LogP contribution in [-0.4, -0.2) is 9.97 Å². The van der Waals surface area contributed by atoms with Crippen molar-refractivity contribution in [3.05, 3.63) is 164 Å². The predicted molar refractivity (Wildman–Crippen MR) is 190 cm³/mol. The van der Waals surface area contributed by atoms with E-state index in [0.717, 1.165) is 61.0 Å². The van der Waals surface area contributed by atoms with Crippen LogP contribution in [0.2, 0.25) is 0 Å². The second-order valence-corrected chi connectivity index (χ2v) is 11.5. The maximum absolute atomic E-state index is 6.44. The van der Waals surface area contributed by atoms with Gasteiger partial charge in [-0.1, -0.05) is 109 Å². The van der Waals surface area contributed by atoms with E-state index in [-0.39, 0.29) is 0 Å². The third-order valence-electron chi connectivity index (χ3n) is 8.65. The summed E-state index contributed by atoms with van der Waals surface area (Å²) in [6.45, 7) is 0. The highest BCUT2D eigenvalue weighted by Gasteiger charge is 2.20. The first-order valence-electron chi connectivity index (χ1n) is 15.4. The van der Waals surface area contributed by atoms with Crippen LogP contribution >= 0.6 is 0 Å². The zero-order valence-electron chi connectivity index (χ0n) is 24.8. The number of anilines is 3. The minimum Gasteiger partial charge on any atom is -0.456 e. The number of benzene rings is 7. The number of aromatic nitrogens is 2. The molecular formula is C42H27N3O. The van der Waals surface area contributed by atoms with Crippen molar-refractivity contribution < 1.29 is 4.42 Å². The number of hydrogen-bond donors (Lipinski definition) is 0. The van der Waals surface area contributed by atoms with Gasteiger partial charge in [0.1, 0.15) is 11.2 Å². The lowest BCUT2D eigenvalue weighted by Crippen LogP contribution is -2.14. The Balaban J connectivity index is 1.21. The van der Waals surface area contributed by atoms with Crippen molar-refractivity contribution >= 4 is 60.9 Å². The Bertz CT molecular complexity index is 2520. The minimum absolute atomic E-state index is 0.600. The highest BCUT2D eigenvalue weighted by Crippen LogP contribution is 2.39. The van der Waals surface area contributed by atoms with Gasteiger partial charge in [-0.25, -0.2) is 9.97 Å². The monoisotopic (exact) mass is 589 g/mol. The summed E-state index contributed by atoms with van der Waals surface area (Å²) >= 11 is 0. The molecule has 0 atom stereocenters. The fourth-order valence-electron chi connectivity index (χ4n) is 6.38. The maximum Gasteiger partial charge on any atom is 0.235 e. The number of fused-ring (bicyclic) bond motifs is 5. The Labute approximate surface area is 265 Å². The minimum atomic E-state index is 0.600. The van der Waals surface area contributed by atoms with Crippen LogP contribution in [-0.2, 0) is 0 Å². The van der Waals surface area contributed by atoms with Gasteiger partial charge >= 0.3 is 0 Å². The van der Waals surface area contributed by atoms with Crippen LogP contribution in [0.3, 0.4) is 0 Å². The molecule has 2 heterocycles.